The predicted molar refractivity (Wildman–Crippen MR) is 89.6 cm³/mol. The molecule has 1 heterocycles. The van der Waals surface area contributed by atoms with Gasteiger partial charge in [0.15, 0.2) is 0 Å². The van der Waals surface area contributed by atoms with Crippen LogP contribution in [0.4, 0.5) is 5.69 Å². The largest absolute Gasteiger partial charge is 0.368 e. The van der Waals surface area contributed by atoms with E-state index in [1.165, 1.54) is 0 Å². The predicted octanol–water partition coefficient (Wildman–Crippen LogP) is 2.87. The lowest BCUT2D eigenvalue weighted by Crippen LogP contribution is -2.19. The lowest BCUT2D eigenvalue weighted by atomic mass is 10.1. The number of carbonyl (C=O) groups excluding carboxylic acids is 1. The maximum Gasteiger partial charge on any atom is 0.228 e. The average Bonchev–Trinajstić information content (AvgIpc) is 3.05. The van der Waals surface area contributed by atoms with Gasteiger partial charge in [0.1, 0.15) is 5.84 Å². The van der Waals surface area contributed by atoms with Crippen molar-refractivity contribution in [3.05, 3.63) is 64.7 Å². The van der Waals surface area contributed by atoms with Gasteiger partial charge >= 0.3 is 0 Å². The Morgan fingerprint density at radius 1 is 1.14 bits per heavy atom. The van der Waals surface area contributed by atoms with Crippen LogP contribution in [-0.4, -0.2) is 24.8 Å². The van der Waals surface area contributed by atoms with Crippen molar-refractivity contribution in [3.63, 3.8) is 0 Å². The highest BCUT2D eigenvalue weighted by Gasteiger charge is 2.08. The fourth-order valence-corrected chi connectivity index (χ4v) is 2.42. The van der Waals surface area contributed by atoms with E-state index in [4.69, 9.17) is 11.6 Å². The highest BCUT2D eigenvalue weighted by molar-refractivity contribution is 6.30. The number of benzene rings is 2. The van der Waals surface area contributed by atoms with E-state index in [0.717, 1.165) is 35.7 Å². The standard InChI is InChI=1S/C17H16ClN3O/c18-14-5-1-12(2-6-14)11-16(22)21-15-7-3-13(4-8-15)17-19-9-10-20-17/h1-8H,9-11H2,(H,19,20)(H,21,22). The second-order valence-electron chi connectivity index (χ2n) is 5.09. The van der Waals surface area contributed by atoms with Crippen LogP contribution in [0.3, 0.4) is 0 Å². The molecule has 0 atom stereocenters. The number of hydrogen-bond donors (Lipinski definition) is 2. The van der Waals surface area contributed by atoms with E-state index in [-0.39, 0.29) is 5.91 Å². The summed E-state index contributed by atoms with van der Waals surface area (Å²) in [5.74, 6) is 0.866. The van der Waals surface area contributed by atoms with Gasteiger partial charge in [-0.1, -0.05) is 23.7 Å². The molecule has 2 aromatic rings. The van der Waals surface area contributed by atoms with Crippen molar-refractivity contribution in [3.8, 4) is 0 Å². The number of amides is 1. The Hall–Kier alpha value is -2.33. The van der Waals surface area contributed by atoms with Gasteiger partial charge < -0.3 is 10.6 Å². The van der Waals surface area contributed by atoms with Gasteiger partial charge in [-0.15, -0.1) is 0 Å². The summed E-state index contributed by atoms with van der Waals surface area (Å²) in [6.07, 6.45) is 0.327. The van der Waals surface area contributed by atoms with E-state index in [9.17, 15) is 4.79 Å². The molecule has 0 bridgehead atoms. The van der Waals surface area contributed by atoms with Crippen LogP contribution in [-0.2, 0) is 11.2 Å². The molecule has 1 aliphatic rings. The van der Waals surface area contributed by atoms with Crippen LogP contribution in [0.5, 0.6) is 0 Å². The summed E-state index contributed by atoms with van der Waals surface area (Å²) in [6.45, 7) is 1.70. The molecule has 0 aliphatic carbocycles. The highest BCUT2D eigenvalue weighted by atomic mass is 35.5. The molecule has 0 radical (unpaired) electrons. The molecule has 0 unspecified atom stereocenters. The number of rotatable bonds is 4. The van der Waals surface area contributed by atoms with E-state index in [1.807, 2.05) is 36.4 Å². The van der Waals surface area contributed by atoms with Crippen LogP contribution in [0.1, 0.15) is 11.1 Å². The van der Waals surface area contributed by atoms with E-state index in [1.54, 1.807) is 12.1 Å². The lowest BCUT2D eigenvalue weighted by molar-refractivity contribution is -0.115. The normalized spacial score (nSPS) is 13.4. The van der Waals surface area contributed by atoms with E-state index in [2.05, 4.69) is 15.6 Å². The lowest BCUT2D eigenvalue weighted by Gasteiger charge is -2.07. The minimum Gasteiger partial charge on any atom is -0.368 e. The third-order valence-corrected chi connectivity index (χ3v) is 3.65. The number of hydrogen-bond acceptors (Lipinski definition) is 3. The second kappa shape index (κ2) is 6.62. The minimum atomic E-state index is -0.0496. The van der Waals surface area contributed by atoms with Crippen molar-refractivity contribution in [1.82, 2.24) is 5.32 Å². The summed E-state index contributed by atoms with van der Waals surface area (Å²) >= 11 is 5.83. The Labute approximate surface area is 134 Å². The smallest absolute Gasteiger partial charge is 0.228 e. The molecule has 1 aliphatic heterocycles. The molecule has 0 spiro atoms. The van der Waals surface area contributed by atoms with Crippen molar-refractivity contribution in [1.29, 1.82) is 0 Å². The van der Waals surface area contributed by atoms with E-state index < -0.39 is 0 Å². The summed E-state index contributed by atoms with van der Waals surface area (Å²) in [7, 11) is 0. The SMILES string of the molecule is O=C(Cc1ccc(Cl)cc1)Nc1ccc(C2=NCCN2)cc1. The van der Waals surface area contributed by atoms with Crippen molar-refractivity contribution in [2.45, 2.75) is 6.42 Å². The fourth-order valence-electron chi connectivity index (χ4n) is 2.30. The van der Waals surface area contributed by atoms with Crippen molar-refractivity contribution in [2.75, 3.05) is 18.4 Å². The molecule has 1 amide bonds. The van der Waals surface area contributed by atoms with Crippen LogP contribution >= 0.6 is 11.6 Å². The Bertz CT molecular complexity index is 693. The summed E-state index contributed by atoms with van der Waals surface area (Å²) < 4.78 is 0. The molecule has 0 aromatic heterocycles. The Morgan fingerprint density at radius 2 is 1.86 bits per heavy atom. The third kappa shape index (κ3) is 3.65. The van der Waals surface area contributed by atoms with E-state index >= 15 is 0 Å². The number of aliphatic imine (C=N–C) groups is 1. The Morgan fingerprint density at radius 3 is 2.50 bits per heavy atom. The van der Waals surface area contributed by atoms with Crippen LogP contribution in [0, 0.1) is 0 Å². The minimum absolute atomic E-state index is 0.0496. The first kappa shape index (κ1) is 14.6. The van der Waals surface area contributed by atoms with Gasteiger partial charge in [-0.25, -0.2) is 0 Å². The van der Waals surface area contributed by atoms with Crippen molar-refractivity contribution in [2.24, 2.45) is 4.99 Å². The fraction of sp³-hybridized carbons (Fsp3) is 0.176. The van der Waals surface area contributed by atoms with Gasteiger partial charge in [0.25, 0.3) is 0 Å². The molecule has 2 aromatic carbocycles. The second-order valence-corrected chi connectivity index (χ2v) is 5.52. The van der Waals surface area contributed by atoms with E-state index in [0.29, 0.717) is 11.4 Å². The molecule has 3 rings (SSSR count). The van der Waals surface area contributed by atoms with Crippen LogP contribution < -0.4 is 10.6 Å². The van der Waals surface area contributed by atoms with Crippen molar-refractivity contribution >= 4 is 29.0 Å². The average molecular weight is 314 g/mol. The maximum absolute atomic E-state index is 12.0. The van der Waals surface area contributed by atoms with Gasteiger partial charge in [-0.05, 0) is 42.0 Å². The topological polar surface area (TPSA) is 53.5 Å². The zero-order chi connectivity index (χ0) is 15.4. The first-order valence-corrected chi connectivity index (χ1v) is 7.51. The summed E-state index contributed by atoms with van der Waals surface area (Å²) in [4.78, 5) is 16.4. The summed E-state index contributed by atoms with van der Waals surface area (Å²) in [5.41, 5.74) is 2.75. The van der Waals surface area contributed by atoms with Gasteiger partial charge in [0.2, 0.25) is 5.91 Å². The van der Waals surface area contributed by atoms with Gasteiger partial charge in [-0.2, -0.15) is 0 Å². The molecule has 2 N–H and O–H groups in total. The van der Waals surface area contributed by atoms with Crippen LogP contribution in [0.15, 0.2) is 53.5 Å². The number of carbonyl (C=O) groups is 1. The Kier molecular flexibility index (Phi) is 4.39. The number of halogens is 1. The van der Waals surface area contributed by atoms with Gasteiger partial charge in [-0.3, -0.25) is 9.79 Å². The molecule has 112 valence electrons. The molecule has 0 saturated heterocycles. The molecule has 4 nitrogen and oxygen atoms in total. The monoisotopic (exact) mass is 313 g/mol. The number of anilines is 1. The van der Waals surface area contributed by atoms with Gasteiger partial charge in [0, 0.05) is 22.8 Å². The molecular weight excluding hydrogens is 298 g/mol. The highest BCUT2D eigenvalue weighted by Crippen LogP contribution is 2.13. The molecular formula is C17H16ClN3O. The molecule has 0 fully saturated rings. The van der Waals surface area contributed by atoms with Crippen LogP contribution in [0.25, 0.3) is 0 Å². The Balaban J connectivity index is 1.60. The maximum atomic E-state index is 12.0. The summed E-state index contributed by atoms with van der Waals surface area (Å²) in [6, 6.07) is 15.0. The zero-order valence-corrected chi connectivity index (χ0v) is 12.7. The third-order valence-electron chi connectivity index (χ3n) is 3.39. The summed E-state index contributed by atoms with van der Waals surface area (Å²) in [5, 5.41) is 6.78. The molecule has 0 saturated carbocycles. The van der Waals surface area contributed by atoms with Crippen LogP contribution in [0.2, 0.25) is 5.02 Å². The number of nitrogens with zero attached hydrogens (tertiary/aromatic N) is 1. The molecule has 5 heteroatoms. The number of nitrogens with one attached hydrogen (secondary N) is 2. The molecule has 22 heavy (non-hydrogen) atoms. The first-order chi connectivity index (χ1) is 10.7. The van der Waals surface area contributed by atoms with Crippen molar-refractivity contribution < 1.29 is 4.79 Å². The first-order valence-electron chi connectivity index (χ1n) is 7.14. The number of amidine groups is 1. The quantitative estimate of drug-likeness (QED) is 0.912. The zero-order valence-electron chi connectivity index (χ0n) is 12.0. The van der Waals surface area contributed by atoms with Gasteiger partial charge in [0.05, 0.1) is 13.0 Å².